The fourth-order valence-electron chi connectivity index (χ4n) is 1.62. The van der Waals surface area contributed by atoms with Gasteiger partial charge in [0.15, 0.2) is 0 Å². The summed E-state index contributed by atoms with van der Waals surface area (Å²) in [4.78, 5) is 23.8. The van der Waals surface area contributed by atoms with Crippen LogP contribution >= 0.6 is 0 Å². The molecule has 0 bridgehead atoms. The zero-order chi connectivity index (χ0) is 10.8. The van der Waals surface area contributed by atoms with Gasteiger partial charge in [-0.05, 0) is 12.0 Å². The molecule has 0 saturated carbocycles. The van der Waals surface area contributed by atoms with Crippen LogP contribution in [0.4, 0.5) is 4.79 Å². The van der Waals surface area contributed by atoms with Crippen LogP contribution in [-0.2, 0) is 17.7 Å². The van der Waals surface area contributed by atoms with Gasteiger partial charge in [-0.1, -0.05) is 0 Å². The Labute approximate surface area is 85.9 Å². The number of aromatic amines is 1. The quantitative estimate of drug-likeness (QED) is 0.647. The van der Waals surface area contributed by atoms with Gasteiger partial charge in [-0.15, -0.1) is 0 Å². The Kier molecular flexibility index (Phi) is 2.40. The van der Waals surface area contributed by atoms with E-state index in [9.17, 15) is 9.59 Å². The average Bonchev–Trinajstić information content (AvgIpc) is 2.27. The molecule has 1 N–H and O–H groups in total. The molecule has 0 spiro atoms. The zero-order valence-electron chi connectivity index (χ0n) is 8.32. The van der Waals surface area contributed by atoms with Gasteiger partial charge in [0.25, 0.3) is 5.56 Å². The molecule has 0 aliphatic carbocycles. The first-order valence-electron chi connectivity index (χ1n) is 4.61. The van der Waals surface area contributed by atoms with Crippen molar-refractivity contribution in [3.8, 4) is 0 Å². The summed E-state index contributed by atoms with van der Waals surface area (Å²) in [7, 11) is 1.35. The fourth-order valence-corrected chi connectivity index (χ4v) is 1.62. The van der Waals surface area contributed by atoms with Crippen molar-refractivity contribution in [1.82, 2.24) is 15.1 Å². The Bertz CT molecular complexity index is 440. The van der Waals surface area contributed by atoms with E-state index < -0.39 is 0 Å². The van der Waals surface area contributed by atoms with Crippen LogP contribution in [0.15, 0.2) is 10.9 Å². The first-order valence-corrected chi connectivity index (χ1v) is 4.61. The molecular formula is C9H11N3O3. The van der Waals surface area contributed by atoms with Crippen molar-refractivity contribution in [2.75, 3.05) is 13.7 Å². The van der Waals surface area contributed by atoms with Gasteiger partial charge in [0, 0.05) is 12.6 Å². The zero-order valence-corrected chi connectivity index (χ0v) is 8.32. The number of carbonyl (C=O) groups is 1. The molecule has 0 atom stereocenters. The van der Waals surface area contributed by atoms with Crippen LogP contribution in [0, 0.1) is 0 Å². The maximum Gasteiger partial charge on any atom is 0.409 e. The predicted molar refractivity (Wildman–Crippen MR) is 51.4 cm³/mol. The van der Waals surface area contributed by atoms with Crippen LogP contribution in [0.1, 0.15) is 11.3 Å². The van der Waals surface area contributed by atoms with Crippen LogP contribution < -0.4 is 5.56 Å². The van der Waals surface area contributed by atoms with Crippen molar-refractivity contribution in [3.05, 3.63) is 27.7 Å². The number of ether oxygens (including phenoxy) is 1. The van der Waals surface area contributed by atoms with Crippen molar-refractivity contribution in [2.45, 2.75) is 13.0 Å². The van der Waals surface area contributed by atoms with Gasteiger partial charge < -0.3 is 9.64 Å². The molecule has 1 aliphatic heterocycles. The summed E-state index contributed by atoms with van der Waals surface area (Å²) in [5.41, 5.74) is 1.42. The Hall–Kier alpha value is -1.85. The average molecular weight is 209 g/mol. The van der Waals surface area contributed by atoms with Crippen molar-refractivity contribution in [3.63, 3.8) is 0 Å². The molecule has 0 aromatic carbocycles. The maximum atomic E-state index is 11.2. The second kappa shape index (κ2) is 3.72. The highest BCUT2D eigenvalue weighted by molar-refractivity contribution is 5.67. The number of rotatable bonds is 0. The summed E-state index contributed by atoms with van der Waals surface area (Å²) in [5.74, 6) is 0. The Balaban J connectivity index is 2.24. The largest absolute Gasteiger partial charge is 0.453 e. The molecule has 80 valence electrons. The molecular weight excluding hydrogens is 198 g/mol. The second-order valence-electron chi connectivity index (χ2n) is 3.35. The number of carbonyl (C=O) groups excluding carboxylic acids is 1. The van der Waals surface area contributed by atoms with Crippen LogP contribution in [0.5, 0.6) is 0 Å². The fraction of sp³-hybridized carbons (Fsp3) is 0.444. The summed E-state index contributed by atoms with van der Waals surface area (Å²) in [6.07, 6.45) is 0.273. The highest BCUT2D eigenvalue weighted by Crippen LogP contribution is 2.14. The Morgan fingerprint density at radius 3 is 3.20 bits per heavy atom. The predicted octanol–water partition coefficient (Wildman–Crippen LogP) is -0.106. The molecule has 0 saturated heterocycles. The summed E-state index contributed by atoms with van der Waals surface area (Å²) < 4.78 is 4.62. The van der Waals surface area contributed by atoms with Crippen molar-refractivity contribution in [1.29, 1.82) is 0 Å². The highest BCUT2D eigenvalue weighted by atomic mass is 16.5. The van der Waals surface area contributed by atoms with Gasteiger partial charge in [-0.2, -0.15) is 5.10 Å². The lowest BCUT2D eigenvalue weighted by Gasteiger charge is -2.25. The topological polar surface area (TPSA) is 75.3 Å². The first kappa shape index (κ1) is 9.70. The van der Waals surface area contributed by atoms with Gasteiger partial charge >= 0.3 is 6.09 Å². The third-order valence-corrected chi connectivity index (χ3v) is 2.40. The van der Waals surface area contributed by atoms with Crippen LogP contribution in [-0.4, -0.2) is 34.8 Å². The van der Waals surface area contributed by atoms with Crippen LogP contribution in [0.2, 0.25) is 0 Å². The molecule has 1 amide bonds. The number of hydrogen-bond donors (Lipinski definition) is 1. The number of amides is 1. The van der Waals surface area contributed by atoms with Gasteiger partial charge in [0.1, 0.15) is 0 Å². The molecule has 0 radical (unpaired) electrons. The van der Waals surface area contributed by atoms with E-state index in [0.29, 0.717) is 19.5 Å². The third kappa shape index (κ3) is 1.83. The Morgan fingerprint density at radius 2 is 2.47 bits per heavy atom. The van der Waals surface area contributed by atoms with Crippen molar-refractivity contribution in [2.24, 2.45) is 0 Å². The van der Waals surface area contributed by atoms with Gasteiger partial charge in [0.2, 0.25) is 0 Å². The summed E-state index contributed by atoms with van der Waals surface area (Å²) in [6.45, 7) is 0.948. The van der Waals surface area contributed by atoms with Gasteiger partial charge in [-0.25, -0.2) is 9.89 Å². The van der Waals surface area contributed by atoms with E-state index in [0.717, 1.165) is 11.3 Å². The molecule has 2 rings (SSSR count). The summed E-state index contributed by atoms with van der Waals surface area (Å²) in [6, 6.07) is 1.52. The number of fused-ring (bicyclic) bond motifs is 1. The molecule has 2 heterocycles. The van der Waals surface area contributed by atoms with E-state index >= 15 is 0 Å². The molecule has 6 heteroatoms. The SMILES string of the molecule is COC(=O)N1CCc2cc(=O)[nH]nc2C1. The van der Waals surface area contributed by atoms with E-state index in [2.05, 4.69) is 14.9 Å². The number of aromatic nitrogens is 2. The normalized spacial score (nSPS) is 14.6. The maximum absolute atomic E-state index is 11.2. The van der Waals surface area contributed by atoms with E-state index in [-0.39, 0.29) is 11.7 Å². The first-order chi connectivity index (χ1) is 7.20. The summed E-state index contributed by atoms with van der Waals surface area (Å²) in [5, 5.41) is 6.25. The van der Waals surface area contributed by atoms with Crippen LogP contribution in [0.25, 0.3) is 0 Å². The van der Waals surface area contributed by atoms with Crippen LogP contribution in [0.3, 0.4) is 0 Å². The Morgan fingerprint density at radius 1 is 1.67 bits per heavy atom. The highest BCUT2D eigenvalue weighted by Gasteiger charge is 2.22. The number of methoxy groups -OCH3 is 1. The van der Waals surface area contributed by atoms with Gasteiger partial charge in [0.05, 0.1) is 19.3 Å². The van der Waals surface area contributed by atoms with Crippen molar-refractivity contribution < 1.29 is 9.53 Å². The molecule has 1 aliphatic rings. The van der Waals surface area contributed by atoms with Crippen molar-refractivity contribution >= 4 is 6.09 Å². The minimum absolute atomic E-state index is 0.208. The molecule has 15 heavy (non-hydrogen) atoms. The number of H-pyrrole nitrogens is 1. The van der Waals surface area contributed by atoms with E-state index in [1.807, 2.05) is 0 Å². The minimum atomic E-state index is -0.367. The minimum Gasteiger partial charge on any atom is -0.453 e. The lowest BCUT2D eigenvalue weighted by atomic mass is 10.1. The molecule has 1 aromatic heterocycles. The van der Waals surface area contributed by atoms with E-state index in [4.69, 9.17) is 0 Å². The van der Waals surface area contributed by atoms with E-state index in [1.54, 1.807) is 4.90 Å². The lowest BCUT2D eigenvalue weighted by Crippen LogP contribution is -2.37. The number of nitrogens with one attached hydrogen (secondary N) is 1. The molecule has 0 fully saturated rings. The van der Waals surface area contributed by atoms with Gasteiger partial charge in [-0.3, -0.25) is 4.79 Å². The molecule has 6 nitrogen and oxygen atoms in total. The molecule has 1 aromatic rings. The monoisotopic (exact) mass is 209 g/mol. The molecule has 0 unspecified atom stereocenters. The summed E-state index contributed by atoms with van der Waals surface area (Å²) >= 11 is 0. The second-order valence-corrected chi connectivity index (χ2v) is 3.35. The number of hydrogen-bond acceptors (Lipinski definition) is 4. The lowest BCUT2D eigenvalue weighted by molar-refractivity contribution is 0.117. The smallest absolute Gasteiger partial charge is 0.409 e. The number of nitrogens with zero attached hydrogens (tertiary/aromatic N) is 2. The third-order valence-electron chi connectivity index (χ3n) is 2.40. The standard InChI is InChI=1S/C9H11N3O3/c1-15-9(14)12-3-2-6-4-8(13)11-10-7(6)5-12/h4H,2-3,5H2,1H3,(H,11,13). The van der Waals surface area contributed by atoms with E-state index in [1.165, 1.54) is 13.2 Å².